The summed E-state index contributed by atoms with van der Waals surface area (Å²) in [6, 6.07) is 10.5. The van der Waals surface area contributed by atoms with Crippen molar-refractivity contribution in [1.82, 2.24) is 4.90 Å². The summed E-state index contributed by atoms with van der Waals surface area (Å²) in [4.78, 5) is 30.5. The number of likely N-dealkylation sites (tertiary alicyclic amines) is 1. The van der Waals surface area contributed by atoms with E-state index in [1.54, 1.807) is 6.07 Å². The van der Waals surface area contributed by atoms with Gasteiger partial charge in [0.25, 0.3) is 0 Å². The van der Waals surface area contributed by atoms with Gasteiger partial charge in [-0.2, -0.15) is 0 Å². The third-order valence-electron chi connectivity index (χ3n) is 9.37. The van der Waals surface area contributed by atoms with Crippen LogP contribution in [0.2, 0.25) is 0 Å². The van der Waals surface area contributed by atoms with Crippen molar-refractivity contribution in [3.8, 4) is 11.1 Å². The molecule has 202 valence electrons. The average Bonchev–Trinajstić information content (AvgIpc) is 3.70. The van der Waals surface area contributed by atoms with Crippen molar-refractivity contribution in [3.63, 3.8) is 0 Å². The molecule has 1 spiro atoms. The van der Waals surface area contributed by atoms with Crippen LogP contribution >= 0.6 is 0 Å². The molecule has 2 aromatic rings. The minimum Gasteiger partial charge on any atom is -0.478 e. The number of carbonyl (C=O) groups excluding carboxylic acids is 1. The number of nitrogens with one attached hydrogen (secondary N) is 1. The summed E-state index contributed by atoms with van der Waals surface area (Å²) in [5.41, 5.74) is 5.41. The lowest BCUT2D eigenvalue weighted by molar-refractivity contribution is -0.122. The second-order valence-electron chi connectivity index (χ2n) is 11.6. The molecule has 2 N–H and O–H groups in total. The van der Waals surface area contributed by atoms with Crippen LogP contribution in [0.3, 0.4) is 0 Å². The minimum absolute atomic E-state index is 0.114. The molecule has 1 amide bonds. The second-order valence-corrected chi connectivity index (χ2v) is 11.6. The number of fused-ring (bicyclic) bond motifs is 2. The van der Waals surface area contributed by atoms with E-state index in [-0.39, 0.29) is 5.91 Å². The monoisotopic (exact) mass is 517 g/mol. The van der Waals surface area contributed by atoms with Crippen molar-refractivity contribution in [1.29, 1.82) is 0 Å². The number of aromatic carboxylic acids is 1. The number of carboxylic acids is 1. The van der Waals surface area contributed by atoms with Crippen molar-refractivity contribution in [2.24, 2.45) is 5.92 Å². The summed E-state index contributed by atoms with van der Waals surface area (Å²) in [5.74, 6) is 0.0599. The van der Waals surface area contributed by atoms with Crippen molar-refractivity contribution >= 4 is 23.3 Å². The molecule has 1 aliphatic carbocycles. The topological polar surface area (TPSA) is 82.1 Å². The van der Waals surface area contributed by atoms with E-state index in [4.69, 9.17) is 4.74 Å². The molecular weight excluding hydrogens is 478 g/mol. The molecule has 2 aromatic carbocycles. The zero-order valence-corrected chi connectivity index (χ0v) is 22.6. The number of hydrogen-bond donors (Lipinski definition) is 2. The maximum absolute atomic E-state index is 13.3. The SMILES string of the molecule is CCN(c1cc(-c2ccc3c(c2)NC(=O)C32CCN(CC3CC3)CC2)cc(C(=O)O)c1C)C1CCOCC1. The molecule has 0 radical (unpaired) electrons. The molecule has 3 fully saturated rings. The first-order chi connectivity index (χ1) is 18.4. The highest BCUT2D eigenvalue weighted by Gasteiger charge is 2.48. The lowest BCUT2D eigenvalue weighted by atomic mass is 9.73. The highest BCUT2D eigenvalue weighted by Crippen LogP contribution is 2.47. The van der Waals surface area contributed by atoms with E-state index >= 15 is 0 Å². The number of carboxylic acid groups (broad SMARTS) is 1. The van der Waals surface area contributed by atoms with Gasteiger partial charge in [-0.05, 0) is 112 Å². The Morgan fingerprint density at radius 3 is 2.50 bits per heavy atom. The van der Waals surface area contributed by atoms with E-state index < -0.39 is 11.4 Å². The van der Waals surface area contributed by atoms with Gasteiger partial charge in [0.05, 0.1) is 11.0 Å². The van der Waals surface area contributed by atoms with E-state index in [0.717, 1.165) is 98.1 Å². The number of anilines is 2. The molecule has 0 atom stereocenters. The van der Waals surface area contributed by atoms with Gasteiger partial charge in [-0.25, -0.2) is 4.79 Å². The number of piperidine rings is 1. The zero-order chi connectivity index (χ0) is 26.4. The first kappa shape index (κ1) is 25.4. The fourth-order valence-corrected chi connectivity index (χ4v) is 6.90. The minimum atomic E-state index is -0.917. The molecule has 1 saturated carbocycles. The van der Waals surface area contributed by atoms with E-state index in [2.05, 4.69) is 40.2 Å². The number of carbonyl (C=O) groups is 2. The smallest absolute Gasteiger partial charge is 0.336 e. The number of hydrogen-bond acceptors (Lipinski definition) is 5. The number of rotatable bonds is 7. The Bertz CT molecular complexity index is 1240. The fourth-order valence-electron chi connectivity index (χ4n) is 6.90. The molecule has 7 heteroatoms. The molecule has 2 saturated heterocycles. The van der Waals surface area contributed by atoms with Crippen molar-refractivity contribution < 1.29 is 19.4 Å². The summed E-state index contributed by atoms with van der Waals surface area (Å²) in [6.07, 6.45) is 6.28. The van der Waals surface area contributed by atoms with Crippen molar-refractivity contribution in [3.05, 3.63) is 47.0 Å². The predicted octanol–water partition coefficient (Wildman–Crippen LogP) is 5.06. The first-order valence-electron chi connectivity index (χ1n) is 14.3. The van der Waals surface area contributed by atoms with Gasteiger partial charge in [0.2, 0.25) is 5.91 Å². The van der Waals surface area contributed by atoms with Gasteiger partial charge >= 0.3 is 5.97 Å². The van der Waals surface area contributed by atoms with Crippen LogP contribution in [0, 0.1) is 12.8 Å². The van der Waals surface area contributed by atoms with Gasteiger partial charge in [-0.1, -0.05) is 12.1 Å². The fraction of sp³-hybridized carbons (Fsp3) is 0.548. The Kier molecular flexibility index (Phi) is 6.68. The summed E-state index contributed by atoms with van der Waals surface area (Å²) in [7, 11) is 0. The molecule has 0 aromatic heterocycles. The highest BCUT2D eigenvalue weighted by atomic mass is 16.5. The maximum Gasteiger partial charge on any atom is 0.336 e. The summed E-state index contributed by atoms with van der Waals surface area (Å²) < 4.78 is 5.58. The Morgan fingerprint density at radius 2 is 1.84 bits per heavy atom. The number of ether oxygens (including phenoxy) is 1. The number of benzene rings is 2. The van der Waals surface area contributed by atoms with Gasteiger partial charge < -0.3 is 25.0 Å². The third kappa shape index (κ3) is 4.50. The number of amides is 1. The van der Waals surface area contributed by atoms with Gasteiger partial charge in [-0.15, -0.1) is 0 Å². The Morgan fingerprint density at radius 1 is 1.11 bits per heavy atom. The first-order valence-corrected chi connectivity index (χ1v) is 14.3. The quantitative estimate of drug-likeness (QED) is 0.534. The van der Waals surface area contributed by atoms with Crippen molar-refractivity contribution in [2.75, 3.05) is 49.6 Å². The van der Waals surface area contributed by atoms with Crippen molar-refractivity contribution in [2.45, 2.75) is 63.8 Å². The third-order valence-corrected chi connectivity index (χ3v) is 9.37. The summed E-state index contributed by atoms with van der Waals surface area (Å²) >= 11 is 0. The average molecular weight is 518 g/mol. The van der Waals surface area contributed by atoms with Crippen LogP contribution in [0.15, 0.2) is 30.3 Å². The standard InChI is InChI=1S/C31H39N3O4/c1-3-34(24-8-14-38-15-9-24)28-18-23(16-25(20(28)2)29(35)36)22-6-7-26-27(17-22)32-30(37)31(26)10-12-33(13-11-31)19-21-4-5-21/h6-7,16-18,21,24H,3-5,8-15,19H2,1-2H3,(H,32,37)(H,35,36). The van der Waals surface area contributed by atoms with Crippen LogP contribution in [0.25, 0.3) is 11.1 Å². The summed E-state index contributed by atoms with van der Waals surface area (Å²) in [5, 5.41) is 13.2. The van der Waals surface area contributed by atoms with Crippen LogP contribution < -0.4 is 10.2 Å². The molecular formula is C31H39N3O4. The normalized spacial score (nSPS) is 21.4. The molecule has 0 unspecified atom stereocenters. The molecule has 7 nitrogen and oxygen atoms in total. The van der Waals surface area contributed by atoms with Crippen LogP contribution in [0.5, 0.6) is 0 Å². The Hall–Kier alpha value is -2.90. The Labute approximate surface area is 225 Å². The lowest BCUT2D eigenvalue weighted by Crippen LogP contribution is -2.46. The second kappa shape index (κ2) is 10.0. The van der Waals surface area contributed by atoms with E-state index in [1.807, 2.05) is 13.0 Å². The van der Waals surface area contributed by atoms with Gasteiger partial charge in [-0.3, -0.25) is 4.79 Å². The largest absolute Gasteiger partial charge is 0.478 e. The Balaban J connectivity index is 1.33. The molecule has 4 aliphatic rings. The predicted molar refractivity (Wildman–Crippen MR) is 149 cm³/mol. The van der Waals surface area contributed by atoms with E-state index in [0.29, 0.717) is 11.6 Å². The maximum atomic E-state index is 13.3. The summed E-state index contributed by atoms with van der Waals surface area (Å²) in [6.45, 7) is 9.41. The number of nitrogens with zero attached hydrogens (tertiary/aromatic N) is 2. The van der Waals surface area contributed by atoms with Crippen LogP contribution in [0.4, 0.5) is 11.4 Å². The molecule has 6 rings (SSSR count). The van der Waals surface area contributed by atoms with Gasteiger partial charge in [0.15, 0.2) is 0 Å². The lowest BCUT2D eigenvalue weighted by Gasteiger charge is -2.38. The molecule has 38 heavy (non-hydrogen) atoms. The molecule has 3 aliphatic heterocycles. The van der Waals surface area contributed by atoms with Gasteiger partial charge in [0, 0.05) is 43.7 Å². The van der Waals surface area contributed by atoms with Crippen LogP contribution in [-0.2, 0) is 14.9 Å². The molecule has 3 heterocycles. The zero-order valence-electron chi connectivity index (χ0n) is 22.6. The van der Waals surface area contributed by atoms with Gasteiger partial charge in [0.1, 0.15) is 0 Å². The van der Waals surface area contributed by atoms with E-state index in [9.17, 15) is 14.7 Å². The highest BCUT2D eigenvalue weighted by molar-refractivity contribution is 6.07. The van der Waals surface area contributed by atoms with Crippen LogP contribution in [-0.4, -0.2) is 67.3 Å². The van der Waals surface area contributed by atoms with E-state index in [1.165, 1.54) is 19.4 Å². The molecule has 0 bridgehead atoms. The van der Waals surface area contributed by atoms with Crippen LogP contribution in [0.1, 0.15) is 66.9 Å².